The summed E-state index contributed by atoms with van der Waals surface area (Å²) in [4.78, 5) is 15.4. The van der Waals surface area contributed by atoms with Crippen LogP contribution in [0.2, 0.25) is 0 Å². The number of hydrogen-bond donors (Lipinski definition) is 1. The summed E-state index contributed by atoms with van der Waals surface area (Å²) < 4.78 is 5.25. The number of likely N-dealkylation sites (tertiary alicyclic amines) is 1. The minimum Gasteiger partial charge on any atom is -0.497 e. The van der Waals surface area contributed by atoms with Crippen LogP contribution in [0.15, 0.2) is 48.5 Å². The number of rotatable bonds is 7. The second-order valence-electron chi connectivity index (χ2n) is 8.09. The molecule has 1 fully saturated rings. The van der Waals surface area contributed by atoms with Gasteiger partial charge in [-0.3, -0.25) is 4.79 Å². The number of methoxy groups -OCH3 is 1. The quantitative estimate of drug-likeness (QED) is 0.730. The second-order valence-corrected chi connectivity index (χ2v) is 8.09. The first-order chi connectivity index (χ1) is 13.6. The molecular weight excluding hydrogens is 348 g/mol. The van der Waals surface area contributed by atoms with Gasteiger partial charge in [-0.2, -0.15) is 0 Å². The zero-order valence-electron chi connectivity index (χ0n) is 17.3. The van der Waals surface area contributed by atoms with Crippen LogP contribution in [0.3, 0.4) is 0 Å². The molecule has 0 aliphatic carbocycles. The number of benzene rings is 2. The minimum absolute atomic E-state index is 0.0600. The van der Waals surface area contributed by atoms with Gasteiger partial charge < -0.3 is 15.0 Å². The average Bonchev–Trinajstić information content (AvgIpc) is 2.73. The highest BCUT2D eigenvalue weighted by Crippen LogP contribution is 2.30. The van der Waals surface area contributed by atoms with Crippen molar-refractivity contribution in [3.05, 3.63) is 48.5 Å². The molecule has 0 radical (unpaired) electrons. The lowest BCUT2D eigenvalue weighted by Crippen LogP contribution is -2.41. The molecule has 1 atom stereocenters. The van der Waals surface area contributed by atoms with Gasteiger partial charge in [0.2, 0.25) is 5.91 Å². The van der Waals surface area contributed by atoms with E-state index < -0.39 is 0 Å². The highest BCUT2D eigenvalue weighted by atomic mass is 16.5. The summed E-state index contributed by atoms with van der Waals surface area (Å²) in [5, 5.41) is 3.20. The van der Waals surface area contributed by atoms with Gasteiger partial charge in [-0.05, 0) is 62.0 Å². The molecule has 1 aliphatic rings. The maximum absolute atomic E-state index is 13.0. The molecule has 4 nitrogen and oxygen atoms in total. The van der Waals surface area contributed by atoms with Gasteiger partial charge in [-0.15, -0.1) is 0 Å². The van der Waals surface area contributed by atoms with Gasteiger partial charge in [0.15, 0.2) is 0 Å². The third-order valence-electron chi connectivity index (χ3n) is 5.48. The van der Waals surface area contributed by atoms with Crippen molar-refractivity contribution in [1.29, 1.82) is 0 Å². The van der Waals surface area contributed by atoms with Crippen LogP contribution in [-0.4, -0.2) is 37.6 Å². The number of anilines is 1. The number of ether oxygens (including phenoxy) is 1. The van der Waals surface area contributed by atoms with Crippen molar-refractivity contribution in [2.75, 3.05) is 32.1 Å². The summed E-state index contributed by atoms with van der Waals surface area (Å²) in [6.07, 6.45) is 3.25. The topological polar surface area (TPSA) is 41.6 Å². The average molecular weight is 381 g/mol. The van der Waals surface area contributed by atoms with E-state index in [1.807, 2.05) is 48.5 Å². The summed E-state index contributed by atoms with van der Waals surface area (Å²) in [7, 11) is 1.66. The first-order valence-corrected chi connectivity index (χ1v) is 10.3. The lowest BCUT2D eigenvalue weighted by Gasteiger charge is -2.32. The van der Waals surface area contributed by atoms with Crippen molar-refractivity contribution in [2.45, 2.75) is 33.1 Å². The highest BCUT2D eigenvalue weighted by Gasteiger charge is 2.26. The Morgan fingerprint density at radius 1 is 1.18 bits per heavy atom. The Balaban J connectivity index is 1.68. The van der Waals surface area contributed by atoms with Crippen LogP contribution in [0.25, 0.3) is 11.1 Å². The van der Waals surface area contributed by atoms with E-state index in [1.165, 1.54) is 6.42 Å². The van der Waals surface area contributed by atoms with E-state index >= 15 is 0 Å². The second kappa shape index (κ2) is 9.74. The molecule has 1 amide bonds. The SMILES string of the molecule is COc1ccc(-c2ccccc2NC(=O)C2CCCN(CCC(C)C)C2)cc1. The third-order valence-corrected chi connectivity index (χ3v) is 5.48. The van der Waals surface area contributed by atoms with E-state index in [-0.39, 0.29) is 11.8 Å². The van der Waals surface area contributed by atoms with Crippen LogP contribution in [0.4, 0.5) is 5.69 Å². The minimum atomic E-state index is 0.0600. The van der Waals surface area contributed by atoms with Gasteiger partial charge in [-0.25, -0.2) is 0 Å². The Kier molecular flexibility index (Phi) is 7.10. The number of piperidine rings is 1. The molecule has 0 bridgehead atoms. The lowest BCUT2D eigenvalue weighted by atomic mass is 9.96. The van der Waals surface area contributed by atoms with Crippen molar-refractivity contribution < 1.29 is 9.53 Å². The summed E-state index contributed by atoms with van der Waals surface area (Å²) in [5.74, 6) is 1.72. The molecule has 0 spiro atoms. The molecule has 1 unspecified atom stereocenters. The van der Waals surface area contributed by atoms with Crippen LogP contribution >= 0.6 is 0 Å². The van der Waals surface area contributed by atoms with Gasteiger partial charge in [0, 0.05) is 17.8 Å². The van der Waals surface area contributed by atoms with E-state index in [1.54, 1.807) is 7.11 Å². The van der Waals surface area contributed by atoms with Gasteiger partial charge in [0.25, 0.3) is 0 Å². The highest BCUT2D eigenvalue weighted by molar-refractivity contribution is 5.97. The molecule has 4 heteroatoms. The molecule has 3 rings (SSSR count). The number of hydrogen-bond acceptors (Lipinski definition) is 3. The van der Waals surface area contributed by atoms with Crippen molar-refractivity contribution in [2.24, 2.45) is 11.8 Å². The fourth-order valence-electron chi connectivity index (χ4n) is 3.76. The Morgan fingerprint density at radius 2 is 1.93 bits per heavy atom. The molecule has 150 valence electrons. The Hall–Kier alpha value is -2.33. The first-order valence-electron chi connectivity index (χ1n) is 10.3. The lowest BCUT2D eigenvalue weighted by molar-refractivity contribution is -0.121. The van der Waals surface area contributed by atoms with Gasteiger partial charge >= 0.3 is 0 Å². The normalized spacial score (nSPS) is 17.5. The van der Waals surface area contributed by atoms with Crippen molar-refractivity contribution >= 4 is 11.6 Å². The first kappa shape index (κ1) is 20.4. The molecule has 2 aromatic carbocycles. The largest absolute Gasteiger partial charge is 0.497 e. The third kappa shape index (κ3) is 5.35. The molecular formula is C24H32N2O2. The van der Waals surface area contributed by atoms with Gasteiger partial charge in [0.1, 0.15) is 5.75 Å². The van der Waals surface area contributed by atoms with Gasteiger partial charge in [-0.1, -0.05) is 44.2 Å². The zero-order chi connectivity index (χ0) is 19.9. The van der Waals surface area contributed by atoms with Crippen molar-refractivity contribution in [3.8, 4) is 16.9 Å². The molecule has 0 saturated carbocycles. The molecule has 0 aromatic heterocycles. The summed E-state index contributed by atoms with van der Waals surface area (Å²) in [6.45, 7) is 7.57. The Labute approximate surface area is 168 Å². The molecule has 1 N–H and O–H groups in total. The number of para-hydroxylation sites is 1. The smallest absolute Gasteiger partial charge is 0.228 e. The van der Waals surface area contributed by atoms with Gasteiger partial charge in [0.05, 0.1) is 13.0 Å². The molecule has 1 saturated heterocycles. The molecule has 2 aromatic rings. The van der Waals surface area contributed by atoms with E-state index in [4.69, 9.17) is 4.74 Å². The number of nitrogens with zero attached hydrogens (tertiary/aromatic N) is 1. The number of carbonyl (C=O) groups is 1. The van der Waals surface area contributed by atoms with Crippen LogP contribution in [0.5, 0.6) is 5.75 Å². The Bertz CT molecular complexity index is 770. The summed E-state index contributed by atoms with van der Waals surface area (Å²) in [6, 6.07) is 15.9. The van der Waals surface area contributed by atoms with Crippen LogP contribution in [0.1, 0.15) is 33.1 Å². The Morgan fingerprint density at radius 3 is 2.64 bits per heavy atom. The van der Waals surface area contributed by atoms with E-state index in [9.17, 15) is 4.79 Å². The monoisotopic (exact) mass is 380 g/mol. The fraction of sp³-hybridized carbons (Fsp3) is 0.458. The van der Waals surface area contributed by atoms with Crippen molar-refractivity contribution in [1.82, 2.24) is 4.90 Å². The number of amides is 1. The molecule has 1 heterocycles. The summed E-state index contributed by atoms with van der Waals surface area (Å²) >= 11 is 0. The zero-order valence-corrected chi connectivity index (χ0v) is 17.3. The van der Waals surface area contributed by atoms with E-state index in [0.717, 1.165) is 55.0 Å². The number of nitrogens with one attached hydrogen (secondary N) is 1. The predicted molar refractivity (Wildman–Crippen MR) is 116 cm³/mol. The van der Waals surface area contributed by atoms with E-state index in [2.05, 4.69) is 24.1 Å². The number of carbonyl (C=O) groups excluding carboxylic acids is 1. The molecule has 1 aliphatic heterocycles. The van der Waals surface area contributed by atoms with Crippen LogP contribution in [-0.2, 0) is 4.79 Å². The van der Waals surface area contributed by atoms with Crippen molar-refractivity contribution in [3.63, 3.8) is 0 Å². The van der Waals surface area contributed by atoms with E-state index in [0.29, 0.717) is 5.92 Å². The standard InChI is InChI=1S/C24H32N2O2/c1-18(2)14-16-26-15-6-7-20(17-26)24(27)25-23-9-5-4-8-22(23)19-10-12-21(28-3)13-11-19/h4-5,8-13,18,20H,6-7,14-17H2,1-3H3,(H,25,27). The maximum atomic E-state index is 13.0. The van der Waals surface area contributed by atoms with Crippen LogP contribution in [0, 0.1) is 11.8 Å². The molecule has 28 heavy (non-hydrogen) atoms. The van der Waals surface area contributed by atoms with Crippen LogP contribution < -0.4 is 10.1 Å². The fourth-order valence-corrected chi connectivity index (χ4v) is 3.76. The summed E-state index contributed by atoms with van der Waals surface area (Å²) in [5.41, 5.74) is 2.97. The predicted octanol–water partition coefficient (Wildman–Crippen LogP) is 5.06. The maximum Gasteiger partial charge on any atom is 0.228 e.